The molecule has 17 heavy (non-hydrogen) atoms. The van der Waals surface area contributed by atoms with Crippen LogP contribution in [-0.2, 0) is 0 Å². The molecule has 2 aromatic rings. The summed E-state index contributed by atoms with van der Waals surface area (Å²) in [4.78, 5) is 28.4. The summed E-state index contributed by atoms with van der Waals surface area (Å²) in [6.45, 7) is 1.86. The van der Waals surface area contributed by atoms with Gasteiger partial charge < -0.3 is 0 Å². The highest BCUT2D eigenvalue weighted by Crippen LogP contribution is 2.19. The van der Waals surface area contributed by atoms with E-state index >= 15 is 0 Å². The Balaban J connectivity index is 2.26. The minimum Gasteiger partial charge on any atom is -0.286 e. The molecule has 0 aliphatic carbocycles. The zero-order valence-corrected chi connectivity index (χ0v) is 10.1. The summed E-state index contributed by atoms with van der Waals surface area (Å²) in [5, 5.41) is 8.36. The quantitative estimate of drug-likeness (QED) is 0.855. The second kappa shape index (κ2) is 4.46. The SMILES string of the molecule is Cc1csc(N(C)C(=O)c2ccc(=O)[nH]n2)n1. The number of rotatable bonds is 2. The fourth-order valence-corrected chi connectivity index (χ4v) is 1.98. The number of hydrogen-bond donors (Lipinski definition) is 1. The molecule has 0 spiro atoms. The molecule has 0 bridgehead atoms. The summed E-state index contributed by atoms with van der Waals surface area (Å²) in [7, 11) is 1.62. The van der Waals surface area contributed by atoms with Gasteiger partial charge in [0.2, 0.25) is 0 Å². The van der Waals surface area contributed by atoms with E-state index in [0.29, 0.717) is 5.13 Å². The van der Waals surface area contributed by atoms with Crippen molar-refractivity contribution in [1.82, 2.24) is 15.2 Å². The van der Waals surface area contributed by atoms with Crippen LogP contribution in [0.5, 0.6) is 0 Å². The minimum atomic E-state index is -0.339. The van der Waals surface area contributed by atoms with Gasteiger partial charge in [0.1, 0.15) is 5.69 Å². The van der Waals surface area contributed by atoms with Crippen LogP contribution in [0, 0.1) is 6.92 Å². The van der Waals surface area contributed by atoms with Gasteiger partial charge in [-0.25, -0.2) is 10.1 Å². The van der Waals surface area contributed by atoms with Crippen molar-refractivity contribution < 1.29 is 4.79 Å². The van der Waals surface area contributed by atoms with E-state index in [4.69, 9.17) is 0 Å². The van der Waals surface area contributed by atoms with Gasteiger partial charge in [0.05, 0.1) is 5.69 Å². The van der Waals surface area contributed by atoms with Crippen LogP contribution < -0.4 is 10.5 Å². The van der Waals surface area contributed by atoms with Gasteiger partial charge in [-0.15, -0.1) is 11.3 Å². The maximum atomic E-state index is 12.0. The first kappa shape index (κ1) is 11.5. The Hall–Kier alpha value is -2.02. The number of carbonyl (C=O) groups excluding carboxylic acids is 1. The lowest BCUT2D eigenvalue weighted by Crippen LogP contribution is -2.28. The van der Waals surface area contributed by atoms with Crippen LogP contribution in [0.15, 0.2) is 22.3 Å². The van der Waals surface area contributed by atoms with Crippen LogP contribution in [0.4, 0.5) is 5.13 Å². The molecular weight excluding hydrogens is 240 g/mol. The lowest BCUT2D eigenvalue weighted by Gasteiger charge is -2.12. The summed E-state index contributed by atoms with van der Waals surface area (Å²) in [6, 6.07) is 2.65. The van der Waals surface area contributed by atoms with Crippen molar-refractivity contribution >= 4 is 22.4 Å². The number of hydrogen-bond acceptors (Lipinski definition) is 5. The predicted molar refractivity (Wildman–Crippen MR) is 64.4 cm³/mol. The van der Waals surface area contributed by atoms with Crippen LogP contribution in [0.1, 0.15) is 16.2 Å². The predicted octanol–water partition coefficient (Wildman–Crippen LogP) is 0.811. The molecule has 0 saturated heterocycles. The van der Waals surface area contributed by atoms with Crippen LogP contribution >= 0.6 is 11.3 Å². The number of nitrogens with one attached hydrogen (secondary N) is 1. The van der Waals surface area contributed by atoms with Gasteiger partial charge in [-0.3, -0.25) is 14.5 Å². The number of aromatic amines is 1. The third-order valence-corrected chi connectivity index (χ3v) is 3.13. The molecule has 88 valence electrons. The number of anilines is 1. The number of aryl methyl sites for hydroxylation is 1. The van der Waals surface area contributed by atoms with Crippen molar-refractivity contribution in [2.45, 2.75) is 6.92 Å². The van der Waals surface area contributed by atoms with Gasteiger partial charge in [0, 0.05) is 18.5 Å². The van der Waals surface area contributed by atoms with Crippen molar-refractivity contribution in [2.24, 2.45) is 0 Å². The average molecular weight is 250 g/mol. The Morgan fingerprint density at radius 2 is 2.24 bits per heavy atom. The molecule has 1 amide bonds. The fraction of sp³-hybridized carbons (Fsp3) is 0.200. The normalized spacial score (nSPS) is 10.2. The van der Waals surface area contributed by atoms with Crippen molar-refractivity contribution in [3.8, 4) is 0 Å². The third-order valence-electron chi connectivity index (χ3n) is 2.10. The van der Waals surface area contributed by atoms with E-state index in [1.54, 1.807) is 7.05 Å². The highest BCUT2D eigenvalue weighted by atomic mass is 32.1. The highest BCUT2D eigenvalue weighted by molar-refractivity contribution is 7.14. The van der Waals surface area contributed by atoms with E-state index in [2.05, 4.69) is 15.2 Å². The summed E-state index contributed by atoms with van der Waals surface area (Å²) >= 11 is 1.38. The topological polar surface area (TPSA) is 79.0 Å². The number of carbonyl (C=O) groups is 1. The average Bonchev–Trinajstić information content (AvgIpc) is 2.75. The Labute approximate surface area is 101 Å². The van der Waals surface area contributed by atoms with Crippen molar-refractivity contribution in [3.05, 3.63) is 39.3 Å². The smallest absolute Gasteiger partial charge is 0.280 e. The minimum absolute atomic E-state index is 0.181. The summed E-state index contributed by atoms with van der Waals surface area (Å²) < 4.78 is 0. The summed E-state index contributed by atoms with van der Waals surface area (Å²) in [5.41, 5.74) is 0.702. The van der Waals surface area contributed by atoms with Crippen LogP contribution in [0.3, 0.4) is 0 Å². The van der Waals surface area contributed by atoms with E-state index < -0.39 is 0 Å². The van der Waals surface area contributed by atoms with E-state index in [1.165, 1.54) is 28.4 Å². The number of nitrogens with zero attached hydrogens (tertiary/aromatic N) is 3. The van der Waals surface area contributed by atoms with E-state index in [-0.39, 0.29) is 17.2 Å². The van der Waals surface area contributed by atoms with Gasteiger partial charge >= 0.3 is 0 Å². The Morgan fingerprint density at radius 1 is 1.47 bits per heavy atom. The molecule has 0 saturated carbocycles. The first-order valence-corrected chi connectivity index (χ1v) is 5.72. The largest absolute Gasteiger partial charge is 0.286 e. The van der Waals surface area contributed by atoms with E-state index in [1.807, 2.05) is 12.3 Å². The molecule has 0 fully saturated rings. The van der Waals surface area contributed by atoms with E-state index in [9.17, 15) is 9.59 Å². The molecule has 0 aromatic carbocycles. The lowest BCUT2D eigenvalue weighted by molar-refractivity contribution is 0.0987. The Bertz CT molecular complexity index is 584. The Morgan fingerprint density at radius 3 is 2.76 bits per heavy atom. The van der Waals surface area contributed by atoms with Gasteiger partial charge in [-0.2, -0.15) is 5.10 Å². The van der Waals surface area contributed by atoms with Gasteiger partial charge in [0.25, 0.3) is 11.5 Å². The highest BCUT2D eigenvalue weighted by Gasteiger charge is 2.17. The maximum Gasteiger partial charge on any atom is 0.280 e. The van der Waals surface area contributed by atoms with Gasteiger partial charge in [-0.05, 0) is 13.0 Å². The summed E-state index contributed by atoms with van der Waals surface area (Å²) in [5.74, 6) is -0.310. The van der Waals surface area contributed by atoms with Crippen molar-refractivity contribution in [3.63, 3.8) is 0 Å². The van der Waals surface area contributed by atoms with Crippen molar-refractivity contribution in [1.29, 1.82) is 0 Å². The first-order chi connectivity index (χ1) is 8.08. The molecule has 7 heteroatoms. The standard InChI is InChI=1S/C10H10N4O2S/c1-6-5-17-10(11-6)14(2)9(16)7-3-4-8(15)13-12-7/h3-5H,1-2H3,(H,13,15). The first-order valence-electron chi connectivity index (χ1n) is 4.84. The number of aromatic nitrogens is 3. The Kier molecular flexibility index (Phi) is 3.01. The van der Waals surface area contributed by atoms with Gasteiger partial charge in [-0.1, -0.05) is 0 Å². The monoisotopic (exact) mass is 250 g/mol. The molecule has 0 aliphatic heterocycles. The van der Waals surface area contributed by atoms with Crippen LogP contribution in [0.25, 0.3) is 0 Å². The van der Waals surface area contributed by atoms with Crippen LogP contribution in [0.2, 0.25) is 0 Å². The number of H-pyrrole nitrogens is 1. The van der Waals surface area contributed by atoms with E-state index in [0.717, 1.165) is 5.69 Å². The van der Waals surface area contributed by atoms with Crippen molar-refractivity contribution in [2.75, 3.05) is 11.9 Å². The zero-order valence-electron chi connectivity index (χ0n) is 9.30. The molecule has 1 N–H and O–H groups in total. The molecule has 0 atom stereocenters. The maximum absolute atomic E-state index is 12.0. The molecule has 0 aliphatic rings. The molecule has 2 aromatic heterocycles. The molecule has 2 rings (SSSR count). The molecule has 0 unspecified atom stereocenters. The molecule has 0 radical (unpaired) electrons. The summed E-state index contributed by atoms with van der Waals surface area (Å²) in [6.07, 6.45) is 0. The van der Waals surface area contributed by atoms with Gasteiger partial charge in [0.15, 0.2) is 5.13 Å². The molecule has 2 heterocycles. The fourth-order valence-electron chi connectivity index (χ4n) is 1.22. The van der Waals surface area contributed by atoms with Crippen LogP contribution in [-0.4, -0.2) is 28.1 Å². The number of thiazole rings is 1. The zero-order chi connectivity index (χ0) is 12.4. The second-order valence-electron chi connectivity index (χ2n) is 3.44. The molecule has 6 nitrogen and oxygen atoms in total. The lowest BCUT2D eigenvalue weighted by atomic mass is 10.3. The number of amides is 1. The third kappa shape index (κ3) is 2.39. The molecular formula is C10H10N4O2S. The second-order valence-corrected chi connectivity index (χ2v) is 4.28.